The summed E-state index contributed by atoms with van der Waals surface area (Å²) in [5.74, 6) is -0.245. The molecular weight excluding hydrogens is 616 g/mol. The molecule has 0 spiro atoms. The summed E-state index contributed by atoms with van der Waals surface area (Å²) < 4.78 is 3.38. The number of nitrogens with zero attached hydrogens (tertiary/aromatic N) is 11. The number of fused-ring (bicyclic) bond motifs is 6. The van der Waals surface area contributed by atoms with Crippen molar-refractivity contribution in [1.82, 2.24) is 60.2 Å². The fourth-order valence-electron chi connectivity index (χ4n) is 6.08. The minimum absolute atomic E-state index is 0.245. The van der Waals surface area contributed by atoms with Crippen molar-refractivity contribution in [3.05, 3.63) is 116 Å². The van der Waals surface area contributed by atoms with Gasteiger partial charge in [-0.15, -0.1) is 10.2 Å². The third-order valence-electron chi connectivity index (χ3n) is 8.31. The molecule has 0 saturated heterocycles. The van der Waals surface area contributed by atoms with Crippen molar-refractivity contribution in [2.75, 3.05) is 6.54 Å². The monoisotopic (exact) mass is 640 g/mol. The van der Waals surface area contributed by atoms with Crippen molar-refractivity contribution in [3.63, 3.8) is 0 Å². The number of rotatable bonds is 6. The standard InChI is InChI=1S/C36H24N12O/c1-2-37-36(49)23-15-26(28-19-47(45-43-28)30-17-21-7-3-11-38-32(21)34-24(30)9-5-13-40-34)42-27(16-23)29-20-48(46-44-29)31-18-22-8-4-12-39-33(22)35-25(31)10-6-14-41-35/h3-20H,2H2,1H3,(H,37,49). The van der Waals surface area contributed by atoms with Gasteiger partial charge in [0.2, 0.25) is 0 Å². The van der Waals surface area contributed by atoms with Crippen LogP contribution in [0.1, 0.15) is 17.3 Å². The van der Waals surface area contributed by atoms with Crippen LogP contribution in [0.15, 0.2) is 110 Å². The van der Waals surface area contributed by atoms with Crippen molar-refractivity contribution in [2.24, 2.45) is 0 Å². The minimum atomic E-state index is -0.245. The normalized spacial score (nSPS) is 11.5. The second-order valence-corrected chi connectivity index (χ2v) is 11.3. The zero-order valence-electron chi connectivity index (χ0n) is 25.9. The van der Waals surface area contributed by atoms with Crippen LogP contribution in [0.4, 0.5) is 0 Å². The molecule has 0 fully saturated rings. The Kier molecular flexibility index (Phi) is 6.54. The van der Waals surface area contributed by atoms with Gasteiger partial charge in [0.15, 0.2) is 0 Å². The molecule has 7 heterocycles. The van der Waals surface area contributed by atoms with Gasteiger partial charge in [0.05, 0.1) is 57.2 Å². The van der Waals surface area contributed by atoms with E-state index in [9.17, 15) is 4.79 Å². The van der Waals surface area contributed by atoms with E-state index in [2.05, 4.69) is 45.9 Å². The molecule has 0 atom stereocenters. The van der Waals surface area contributed by atoms with Crippen LogP contribution in [-0.4, -0.2) is 67.4 Å². The summed E-state index contributed by atoms with van der Waals surface area (Å²) in [6.07, 6.45) is 10.6. The van der Waals surface area contributed by atoms with E-state index in [0.29, 0.717) is 34.9 Å². The van der Waals surface area contributed by atoms with Gasteiger partial charge >= 0.3 is 0 Å². The Balaban J connectivity index is 1.16. The van der Waals surface area contributed by atoms with Gasteiger partial charge < -0.3 is 5.32 Å². The van der Waals surface area contributed by atoms with Gasteiger partial charge in [0, 0.05) is 58.4 Å². The number of hydrogen-bond donors (Lipinski definition) is 1. The van der Waals surface area contributed by atoms with Crippen LogP contribution < -0.4 is 5.32 Å². The molecule has 7 aromatic heterocycles. The Morgan fingerprint density at radius 2 is 1.08 bits per heavy atom. The van der Waals surface area contributed by atoms with E-state index in [1.807, 2.05) is 67.6 Å². The molecule has 0 bridgehead atoms. The fourth-order valence-corrected chi connectivity index (χ4v) is 6.08. The average Bonchev–Trinajstić information content (AvgIpc) is 3.86. The van der Waals surface area contributed by atoms with Crippen LogP contribution in [0.25, 0.3) is 77.8 Å². The number of benzene rings is 2. The second-order valence-electron chi connectivity index (χ2n) is 11.3. The third kappa shape index (κ3) is 4.79. The Bertz CT molecular complexity index is 2560. The van der Waals surface area contributed by atoms with E-state index in [1.165, 1.54) is 0 Å². The highest BCUT2D eigenvalue weighted by Gasteiger charge is 2.19. The first-order valence-corrected chi connectivity index (χ1v) is 15.6. The summed E-state index contributed by atoms with van der Waals surface area (Å²) in [6.45, 7) is 2.34. The Morgan fingerprint density at radius 3 is 1.57 bits per heavy atom. The number of aromatic nitrogens is 11. The Morgan fingerprint density at radius 1 is 0.612 bits per heavy atom. The minimum Gasteiger partial charge on any atom is -0.352 e. The molecule has 1 amide bonds. The molecule has 0 aliphatic rings. The molecule has 1 N–H and O–H groups in total. The number of nitrogens with one attached hydrogen (secondary N) is 1. The van der Waals surface area contributed by atoms with Crippen molar-refractivity contribution in [3.8, 4) is 34.2 Å². The summed E-state index contributed by atoms with van der Waals surface area (Å²) in [7, 11) is 0. The molecule has 0 aliphatic carbocycles. The van der Waals surface area contributed by atoms with Gasteiger partial charge in [-0.1, -0.05) is 22.6 Å². The maximum Gasteiger partial charge on any atom is 0.251 e. The number of amides is 1. The van der Waals surface area contributed by atoms with E-state index < -0.39 is 0 Å². The highest BCUT2D eigenvalue weighted by Crippen LogP contribution is 2.31. The maximum atomic E-state index is 13.2. The largest absolute Gasteiger partial charge is 0.352 e. The smallest absolute Gasteiger partial charge is 0.251 e. The van der Waals surface area contributed by atoms with Crippen molar-refractivity contribution in [1.29, 1.82) is 0 Å². The molecule has 9 rings (SSSR count). The van der Waals surface area contributed by atoms with Crippen LogP contribution in [-0.2, 0) is 0 Å². The van der Waals surface area contributed by atoms with Crippen LogP contribution in [0, 0.1) is 0 Å². The summed E-state index contributed by atoms with van der Waals surface area (Å²) >= 11 is 0. The van der Waals surface area contributed by atoms with Crippen LogP contribution in [0.5, 0.6) is 0 Å². The predicted octanol–water partition coefficient (Wildman–Crippen LogP) is 5.52. The zero-order valence-corrected chi connectivity index (χ0v) is 25.9. The van der Waals surface area contributed by atoms with Crippen molar-refractivity contribution in [2.45, 2.75) is 6.92 Å². The van der Waals surface area contributed by atoms with Gasteiger partial charge in [-0.25, -0.2) is 14.3 Å². The zero-order chi connectivity index (χ0) is 32.9. The molecule has 234 valence electrons. The maximum absolute atomic E-state index is 13.2. The molecule has 0 aliphatic heterocycles. The van der Waals surface area contributed by atoms with E-state index in [4.69, 9.17) is 4.98 Å². The van der Waals surface area contributed by atoms with E-state index in [-0.39, 0.29) is 5.91 Å². The molecule has 13 nitrogen and oxygen atoms in total. The highest BCUT2D eigenvalue weighted by atomic mass is 16.1. The van der Waals surface area contributed by atoms with Crippen LogP contribution in [0.2, 0.25) is 0 Å². The summed E-state index contributed by atoms with van der Waals surface area (Å²) in [6, 6.07) is 22.9. The molecule has 0 saturated carbocycles. The van der Waals surface area contributed by atoms with Crippen LogP contribution in [0.3, 0.4) is 0 Å². The molecule has 0 unspecified atom stereocenters. The van der Waals surface area contributed by atoms with Gasteiger partial charge in [-0.3, -0.25) is 24.7 Å². The Labute approximate surface area is 277 Å². The Hall–Kier alpha value is -7.02. The first-order chi connectivity index (χ1) is 24.1. The summed E-state index contributed by atoms with van der Waals surface area (Å²) in [4.78, 5) is 36.4. The average molecular weight is 641 g/mol. The van der Waals surface area contributed by atoms with Crippen molar-refractivity contribution >= 4 is 49.5 Å². The fraction of sp³-hybridized carbons (Fsp3) is 0.0556. The lowest BCUT2D eigenvalue weighted by Gasteiger charge is -2.09. The number of hydrogen-bond acceptors (Lipinski definition) is 10. The lowest BCUT2D eigenvalue weighted by atomic mass is 10.1. The SMILES string of the molecule is CCNC(=O)c1cc(-c2cn(-c3cc4cccnc4c4ncccc34)nn2)nc(-c2cn(-c3cc4cccnc4c4ncccc34)nn2)c1. The van der Waals surface area contributed by atoms with Crippen LogP contribution >= 0.6 is 0 Å². The predicted molar refractivity (Wildman–Crippen MR) is 184 cm³/mol. The lowest BCUT2D eigenvalue weighted by Crippen LogP contribution is -2.22. The number of pyridine rings is 5. The van der Waals surface area contributed by atoms with Crippen molar-refractivity contribution < 1.29 is 4.79 Å². The van der Waals surface area contributed by atoms with E-state index in [0.717, 1.165) is 55.0 Å². The topological polar surface area (TPSA) is 155 Å². The first kappa shape index (κ1) is 28.2. The lowest BCUT2D eigenvalue weighted by molar-refractivity contribution is 0.0955. The second kappa shape index (κ2) is 11.3. The molecular formula is C36H24N12O. The number of carbonyl (C=O) groups is 1. The van der Waals surface area contributed by atoms with E-state index in [1.54, 1.807) is 58.7 Å². The van der Waals surface area contributed by atoms with Gasteiger partial charge in [0.1, 0.15) is 11.4 Å². The third-order valence-corrected chi connectivity index (χ3v) is 8.31. The quantitative estimate of drug-likeness (QED) is 0.230. The van der Waals surface area contributed by atoms with E-state index >= 15 is 0 Å². The number of carbonyl (C=O) groups excluding carboxylic acids is 1. The highest BCUT2D eigenvalue weighted by molar-refractivity contribution is 6.07. The summed E-state index contributed by atoms with van der Waals surface area (Å²) in [5, 5.41) is 24.4. The molecule has 13 heteroatoms. The molecule has 0 radical (unpaired) electrons. The molecule has 2 aromatic carbocycles. The van der Waals surface area contributed by atoms with Gasteiger partial charge in [-0.2, -0.15) is 0 Å². The first-order valence-electron chi connectivity index (χ1n) is 15.6. The molecule has 49 heavy (non-hydrogen) atoms. The summed E-state index contributed by atoms with van der Waals surface area (Å²) in [5.41, 5.74) is 6.98. The molecule has 9 aromatic rings. The van der Waals surface area contributed by atoms with Gasteiger partial charge in [0.25, 0.3) is 5.91 Å². The van der Waals surface area contributed by atoms with Gasteiger partial charge in [-0.05, 0) is 67.6 Å².